The van der Waals surface area contributed by atoms with Gasteiger partial charge in [-0.3, -0.25) is 4.90 Å². The van der Waals surface area contributed by atoms with E-state index in [4.69, 9.17) is 17.0 Å². The standard InChI is InChI=1S/C20H23F2N3OS/c21-17-5-1-15(2-6-17)13-23-20(27)24-14-19(25-9-11-26-12-10-25)16-3-7-18(22)8-4-16/h1-8,19H,9-14H2,(H2,23,24,27)/t19-/m1/s1. The molecule has 2 aromatic carbocycles. The quantitative estimate of drug-likeness (QED) is 0.741. The number of halogens is 2. The Kier molecular flexibility index (Phi) is 7.09. The molecule has 0 aromatic heterocycles. The van der Waals surface area contributed by atoms with Crippen molar-refractivity contribution < 1.29 is 13.5 Å². The van der Waals surface area contributed by atoms with Gasteiger partial charge < -0.3 is 15.4 Å². The van der Waals surface area contributed by atoms with Crippen LogP contribution in [0.25, 0.3) is 0 Å². The summed E-state index contributed by atoms with van der Waals surface area (Å²) in [5.74, 6) is -0.504. The van der Waals surface area contributed by atoms with Gasteiger partial charge in [-0.25, -0.2) is 8.78 Å². The monoisotopic (exact) mass is 391 g/mol. The highest BCUT2D eigenvalue weighted by Crippen LogP contribution is 2.21. The third-order valence-electron chi connectivity index (χ3n) is 4.56. The maximum Gasteiger partial charge on any atom is 0.166 e. The van der Waals surface area contributed by atoms with Gasteiger partial charge in [0.05, 0.1) is 19.3 Å². The Morgan fingerprint density at radius 2 is 1.56 bits per heavy atom. The van der Waals surface area contributed by atoms with E-state index in [1.165, 1.54) is 24.3 Å². The van der Waals surface area contributed by atoms with Gasteiger partial charge in [-0.05, 0) is 47.6 Å². The van der Waals surface area contributed by atoms with Crippen molar-refractivity contribution >= 4 is 17.3 Å². The van der Waals surface area contributed by atoms with Gasteiger partial charge in [-0.2, -0.15) is 0 Å². The molecule has 0 bridgehead atoms. The van der Waals surface area contributed by atoms with Crippen molar-refractivity contribution in [2.75, 3.05) is 32.8 Å². The van der Waals surface area contributed by atoms with Crippen LogP contribution in [0.5, 0.6) is 0 Å². The number of benzene rings is 2. The van der Waals surface area contributed by atoms with E-state index in [9.17, 15) is 8.78 Å². The van der Waals surface area contributed by atoms with Crippen LogP contribution in [0.2, 0.25) is 0 Å². The highest BCUT2D eigenvalue weighted by molar-refractivity contribution is 7.80. The molecule has 0 saturated carbocycles. The van der Waals surface area contributed by atoms with Crippen molar-refractivity contribution in [3.63, 3.8) is 0 Å². The smallest absolute Gasteiger partial charge is 0.166 e. The van der Waals surface area contributed by atoms with Gasteiger partial charge in [0.2, 0.25) is 0 Å². The summed E-state index contributed by atoms with van der Waals surface area (Å²) >= 11 is 5.37. The Hall–Kier alpha value is -2.09. The molecule has 3 rings (SSSR count). The largest absolute Gasteiger partial charge is 0.379 e. The zero-order valence-electron chi connectivity index (χ0n) is 15.0. The number of nitrogens with one attached hydrogen (secondary N) is 2. The van der Waals surface area contributed by atoms with E-state index >= 15 is 0 Å². The molecular weight excluding hydrogens is 368 g/mol. The first-order valence-corrected chi connectivity index (χ1v) is 9.36. The fourth-order valence-electron chi connectivity index (χ4n) is 3.07. The van der Waals surface area contributed by atoms with Crippen molar-refractivity contribution in [3.05, 3.63) is 71.3 Å². The number of hydrogen-bond donors (Lipinski definition) is 2. The van der Waals surface area contributed by atoms with Crippen molar-refractivity contribution in [2.24, 2.45) is 0 Å². The van der Waals surface area contributed by atoms with E-state index in [1.54, 1.807) is 12.1 Å². The van der Waals surface area contributed by atoms with Crippen LogP contribution in [0.4, 0.5) is 8.78 Å². The molecule has 0 aliphatic carbocycles. The van der Waals surface area contributed by atoms with E-state index in [1.807, 2.05) is 12.1 Å². The molecule has 144 valence electrons. The summed E-state index contributed by atoms with van der Waals surface area (Å²) in [6.45, 7) is 4.13. The van der Waals surface area contributed by atoms with Gasteiger partial charge in [0.15, 0.2) is 5.11 Å². The fourth-order valence-corrected chi connectivity index (χ4v) is 3.22. The molecule has 1 saturated heterocycles. The molecule has 1 heterocycles. The van der Waals surface area contributed by atoms with Crippen molar-refractivity contribution in [3.8, 4) is 0 Å². The van der Waals surface area contributed by atoms with Crippen LogP contribution in [0, 0.1) is 11.6 Å². The van der Waals surface area contributed by atoms with E-state index in [0.29, 0.717) is 31.4 Å². The minimum Gasteiger partial charge on any atom is -0.379 e. The minimum absolute atomic E-state index is 0.0695. The molecule has 4 nitrogen and oxygen atoms in total. The van der Waals surface area contributed by atoms with Gasteiger partial charge in [0.1, 0.15) is 11.6 Å². The van der Waals surface area contributed by atoms with Gasteiger partial charge >= 0.3 is 0 Å². The van der Waals surface area contributed by atoms with Crippen LogP contribution >= 0.6 is 12.2 Å². The average molecular weight is 391 g/mol. The number of thiocarbonyl (C=S) groups is 1. The SMILES string of the molecule is Fc1ccc(CNC(=S)NC[C@H](c2ccc(F)cc2)N2CCOCC2)cc1. The summed E-state index contributed by atoms with van der Waals surface area (Å²) in [5.41, 5.74) is 1.98. The first-order valence-electron chi connectivity index (χ1n) is 8.95. The number of nitrogens with zero attached hydrogens (tertiary/aromatic N) is 1. The molecule has 27 heavy (non-hydrogen) atoms. The first-order chi connectivity index (χ1) is 13.1. The van der Waals surface area contributed by atoms with Crippen LogP contribution < -0.4 is 10.6 Å². The number of morpholine rings is 1. The topological polar surface area (TPSA) is 36.5 Å². The fraction of sp³-hybridized carbons (Fsp3) is 0.350. The molecule has 0 spiro atoms. The number of hydrogen-bond acceptors (Lipinski definition) is 3. The van der Waals surface area contributed by atoms with Crippen LogP contribution in [0.1, 0.15) is 17.2 Å². The summed E-state index contributed by atoms with van der Waals surface area (Å²) in [6, 6.07) is 13.0. The number of rotatable bonds is 6. The lowest BCUT2D eigenvalue weighted by molar-refractivity contribution is 0.0170. The highest BCUT2D eigenvalue weighted by Gasteiger charge is 2.22. The molecule has 2 aromatic rings. The van der Waals surface area contributed by atoms with E-state index in [0.717, 1.165) is 24.2 Å². The van der Waals surface area contributed by atoms with E-state index in [2.05, 4.69) is 15.5 Å². The van der Waals surface area contributed by atoms with Gasteiger partial charge in [-0.1, -0.05) is 24.3 Å². The van der Waals surface area contributed by atoms with Crippen LogP contribution in [0.3, 0.4) is 0 Å². The lowest BCUT2D eigenvalue weighted by Crippen LogP contribution is -2.45. The highest BCUT2D eigenvalue weighted by atomic mass is 32.1. The summed E-state index contributed by atoms with van der Waals surface area (Å²) < 4.78 is 31.7. The molecule has 1 atom stereocenters. The maximum absolute atomic E-state index is 13.3. The molecule has 1 aliphatic rings. The van der Waals surface area contributed by atoms with Gasteiger partial charge in [0, 0.05) is 26.2 Å². The third kappa shape index (κ3) is 5.95. The maximum atomic E-state index is 13.3. The van der Waals surface area contributed by atoms with Crippen molar-refractivity contribution in [2.45, 2.75) is 12.6 Å². The molecular formula is C20H23F2N3OS. The summed E-state index contributed by atoms with van der Waals surface area (Å²) in [7, 11) is 0. The predicted octanol–water partition coefficient (Wildman–Crippen LogP) is 3.00. The Morgan fingerprint density at radius 3 is 2.19 bits per heavy atom. The van der Waals surface area contributed by atoms with Gasteiger partial charge in [0.25, 0.3) is 0 Å². The normalized spacial score (nSPS) is 15.9. The third-order valence-corrected chi connectivity index (χ3v) is 4.85. The number of ether oxygens (including phenoxy) is 1. The Morgan fingerprint density at radius 1 is 0.963 bits per heavy atom. The van der Waals surface area contributed by atoms with Crippen molar-refractivity contribution in [1.29, 1.82) is 0 Å². The van der Waals surface area contributed by atoms with E-state index < -0.39 is 0 Å². The summed E-state index contributed by atoms with van der Waals surface area (Å²) in [5, 5.41) is 6.90. The minimum atomic E-state index is -0.257. The summed E-state index contributed by atoms with van der Waals surface area (Å²) in [6.07, 6.45) is 0. The molecule has 0 unspecified atom stereocenters. The lowest BCUT2D eigenvalue weighted by atomic mass is 10.0. The molecule has 7 heteroatoms. The Bertz CT molecular complexity index is 734. The molecule has 0 radical (unpaired) electrons. The Labute approximate surface area is 163 Å². The van der Waals surface area contributed by atoms with Crippen molar-refractivity contribution in [1.82, 2.24) is 15.5 Å². The molecule has 0 amide bonds. The lowest BCUT2D eigenvalue weighted by Gasteiger charge is -2.35. The summed E-state index contributed by atoms with van der Waals surface area (Å²) in [4.78, 5) is 2.31. The van der Waals surface area contributed by atoms with Crippen LogP contribution in [-0.4, -0.2) is 42.9 Å². The zero-order valence-corrected chi connectivity index (χ0v) is 15.8. The van der Waals surface area contributed by atoms with Crippen LogP contribution in [-0.2, 0) is 11.3 Å². The second-order valence-electron chi connectivity index (χ2n) is 6.41. The first kappa shape index (κ1) is 19.7. The molecule has 2 N–H and O–H groups in total. The van der Waals surface area contributed by atoms with Gasteiger partial charge in [-0.15, -0.1) is 0 Å². The zero-order chi connectivity index (χ0) is 19.1. The molecule has 1 aliphatic heterocycles. The Balaban J connectivity index is 1.57. The second-order valence-corrected chi connectivity index (χ2v) is 6.81. The van der Waals surface area contributed by atoms with Crippen LogP contribution in [0.15, 0.2) is 48.5 Å². The molecule has 1 fully saturated rings. The van der Waals surface area contributed by atoms with E-state index in [-0.39, 0.29) is 17.7 Å². The second kappa shape index (κ2) is 9.73. The predicted molar refractivity (Wildman–Crippen MR) is 105 cm³/mol. The average Bonchev–Trinajstić information content (AvgIpc) is 2.70.